The molecule has 1 rings (SSSR count). The van der Waals surface area contributed by atoms with Crippen LogP contribution in [0.3, 0.4) is 0 Å². The lowest BCUT2D eigenvalue weighted by Crippen LogP contribution is -2.15. The van der Waals surface area contributed by atoms with Crippen molar-refractivity contribution in [2.45, 2.75) is 19.4 Å². The molecule has 0 aliphatic heterocycles. The summed E-state index contributed by atoms with van der Waals surface area (Å²) in [6, 6.07) is 4.15. The number of rotatable bonds is 2. The molecule has 0 unspecified atom stereocenters. The van der Waals surface area contributed by atoms with E-state index >= 15 is 0 Å². The maximum absolute atomic E-state index is 13.3. The van der Waals surface area contributed by atoms with Gasteiger partial charge in [0.15, 0.2) is 0 Å². The van der Waals surface area contributed by atoms with Crippen LogP contribution in [-0.2, 0) is 10.3 Å². The summed E-state index contributed by atoms with van der Waals surface area (Å²) in [4.78, 5) is 13.7. The normalized spacial score (nSPS) is 10.9. The molecule has 0 radical (unpaired) electrons. The highest BCUT2D eigenvalue weighted by atomic mass is 35.5. The van der Waals surface area contributed by atoms with Crippen molar-refractivity contribution in [3.05, 3.63) is 34.6 Å². The molecule has 2 nitrogen and oxygen atoms in total. The zero-order chi connectivity index (χ0) is 10.8. The van der Waals surface area contributed by atoms with Gasteiger partial charge >= 0.3 is 0 Å². The molecule has 0 bridgehead atoms. The molecule has 0 heterocycles. The first kappa shape index (κ1) is 10.9. The van der Waals surface area contributed by atoms with Crippen LogP contribution in [0.15, 0.2) is 23.2 Å². The van der Waals surface area contributed by atoms with Crippen molar-refractivity contribution in [1.82, 2.24) is 0 Å². The minimum atomic E-state index is -0.934. The maximum atomic E-state index is 13.3. The first-order chi connectivity index (χ1) is 6.47. The third-order valence-electron chi connectivity index (χ3n) is 1.91. The van der Waals surface area contributed by atoms with Gasteiger partial charge in [-0.3, -0.25) is 0 Å². The van der Waals surface area contributed by atoms with E-state index < -0.39 is 11.4 Å². The number of nitrogens with zero attached hydrogens (tertiary/aromatic N) is 1. The van der Waals surface area contributed by atoms with Gasteiger partial charge in [-0.2, -0.15) is 4.99 Å². The molecule has 0 aromatic heterocycles. The Morgan fingerprint density at radius 1 is 1.50 bits per heavy atom. The molecule has 0 amide bonds. The Morgan fingerprint density at radius 2 is 2.14 bits per heavy atom. The molecule has 0 N–H and O–H groups in total. The topological polar surface area (TPSA) is 29.4 Å². The van der Waals surface area contributed by atoms with Crippen LogP contribution < -0.4 is 0 Å². The Kier molecular flexibility index (Phi) is 3.04. The molecular formula is C10H9ClFNO. The molecule has 1 aromatic rings. The molecule has 0 spiro atoms. The Labute approximate surface area is 86.4 Å². The summed E-state index contributed by atoms with van der Waals surface area (Å²) in [5.41, 5.74) is -0.648. The molecular weight excluding hydrogens is 205 g/mol. The van der Waals surface area contributed by atoms with Crippen molar-refractivity contribution in [2.75, 3.05) is 0 Å². The average molecular weight is 214 g/mol. The van der Waals surface area contributed by atoms with E-state index in [1.807, 2.05) is 0 Å². The third-order valence-corrected chi connectivity index (χ3v) is 2.15. The lowest BCUT2D eigenvalue weighted by atomic mass is 9.95. The summed E-state index contributed by atoms with van der Waals surface area (Å²) >= 11 is 5.72. The van der Waals surface area contributed by atoms with Gasteiger partial charge in [0, 0.05) is 10.6 Å². The van der Waals surface area contributed by atoms with E-state index in [1.165, 1.54) is 24.3 Å². The maximum Gasteiger partial charge on any atom is 0.235 e. The van der Waals surface area contributed by atoms with Crippen molar-refractivity contribution in [3.8, 4) is 0 Å². The summed E-state index contributed by atoms with van der Waals surface area (Å²) in [5.74, 6) is -0.432. The fourth-order valence-corrected chi connectivity index (χ4v) is 1.31. The molecule has 14 heavy (non-hydrogen) atoms. The number of halogens is 2. The molecule has 0 aliphatic carbocycles. The molecule has 0 aliphatic rings. The predicted octanol–water partition coefficient (Wildman–Crippen LogP) is 3.05. The molecule has 4 heteroatoms. The van der Waals surface area contributed by atoms with Gasteiger partial charge in [0.1, 0.15) is 5.82 Å². The first-order valence-corrected chi connectivity index (χ1v) is 4.40. The van der Waals surface area contributed by atoms with Crippen LogP contribution in [0, 0.1) is 5.82 Å². The number of isocyanates is 1. The fraction of sp³-hybridized carbons (Fsp3) is 0.300. The number of benzene rings is 1. The Hall–Kier alpha value is -1.18. The van der Waals surface area contributed by atoms with Crippen LogP contribution in [-0.4, -0.2) is 6.08 Å². The predicted molar refractivity (Wildman–Crippen MR) is 52.6 cm³/mol. The zero-order valence-electron chi connectivity index (χ0n) is 7.84. The summed E-state index contributed by atoms with van der Waals surface area (Å²) in [5, 5.41) is 0.413. The Morgan fingerprint density at radius 3 is 2.71 bits per heavy atom. The molecule has 0 saturated heterocycles. The molecule has 1 aromatic carbocycles. The molecule has 0 saturated carbocycles. The van der Waals surface area contributed by atoms with Gasteiger partial charge in [0.25, 0.3) is 0 Å². The number of hydrogen-bond donors (Lipinski definition) is 0. The highest BCUT2D eigenvalue weighted by Crippen LogP contribution is 2.28. The van der Waals surface area contributed by atoms with Crippen LogP contribution in [0.25, 0.3) is 0 Å². The van der Waals surface area contributed by atoms with Crippen molar-refractivity contribution in [3.63, 3.8) is 0 Å². The highest BCUT2D eigenvalue weighted by Gasteiger charge is 2.23. The Balaban J connectivity index is 3.30. The third kappa shape index (κ3) is 2.19. The quantitative estimate of drug-likeness (QED) is 0.549. The summed E-state index contributed by atoms with van der Waals surface area (Å²) in [6.45, 7) is 3.24. The zero-order valence-corrected chi connectivity index (χ0v) is 8.60. The monoisotopic (exact) mass is 213 g/mol. The van der Waals surface area contributed by atoms with E-state index in [-0.39, 0.29) is 5.56 Å². The average Bonchev–Trinajstić information content (AvgIpc) is 2.09. The van der Waals surface area contributed by atoms with Crippen molar-refractivity contribution in [2.24, 2.45) is 4.99 Å². The second-order valence-electron chi connectivity index (χ2n) is 3.39. The smallest absolute Gasteiger partial charge is 0.211 e. The van der Waals surface area contributed by atoms with Gasteiger partial charge in [0.2, 0.25) is 6.08 Å². The summed E-state index contributed by atoms with van der Waals surface area (Å²) < 4.78 is 13.3. The lowest BCUT2D eigenvalue weighted by molar-refractivity contribution is 0.492. The van der Waals surface area contributed by atoms with Crippen molar-refractivity contribution >= 4 is 17.7 Å². The van der Waals surface area contributed by atoms with Gasteiger partial charge < -0.3 is 0 Å². The SMILES string of the molecule is CC(C)(N=C=O)c1cc(Cl)ccc1F. The fourth-order valence-electron chi connectivity index (χ4n) is 1.14. The minimum absolute atomic E-state index is 0.286. The van der Waals surface area contributed by atoms with E-state index in [0.29, 0.717) is 5.02 Å². The van der Waals surface area contributed by atoms with Crippen LogP contribution in [0.4, 0.5) is 4.39 Å². The number of aliphatic imine (C=N–C) groups is 1. The second-order valence-corrected chi connectivity index (χ2v) is 3.82. The standard InChI is InChI=1S/C10H9ClFNO/c1-10(2,13-6-14)8-5-7(11)3-4-9(8)12/h3-5H,1-2H3. The van der Waals surface area contributed by atoms with E-state index in [9.17, 15) is 9.18 Å². The van der Waals surface area contributed by atoms with E-state index in [1.54, 1.807) is 13.8 Å². The molecule has 74 valence electrons. The van der Waals surface area contributed by atoms with Gasteiger partial charge in [-0.05, 0) is 32.0 Å². The summed E-state index contributed by atoms with van der Waals surface area (Å²) in [7, 11) is 0. The van der Waals surface area contributed by atoms with Gasteiger partial charge in [-0.1, -0.05) is 11.6 Å². The molecule has 0 fully saturated rings. The second kappa shape index (κ2) is 3.91. The minimum Gasteiger partial charge on any atom is -0.211 e. The largest absolute Gasteiger partial charge is 0.235 e. The molecule has 0 atom stereocenters. The van der Waals surface area contributed by atoms with Crippen molar-refractivity contribution < 1.29 is 9.18 Å². The van der Waals surface area contributed by atoms with E-state index in [2.05, 4.69) is 4.99 Å². The number of carbonyl (C=O) groups excluding carboxylic acids is 1. The van der Waals surface area contributed by atoms with E-state index in [4.69, 9.17) is 11.6 Å². The van der Waals surface area contributed by atoms with E-state index in [0.717, 1.165) is 0 Å². The van der Waals surface area contributed by atoms with Gasteiger partial charge in [-0.25, -0.2) is 9.18 Å². The lowest BCUT2D eigenvalue weighted by Gasteiger charge is -2.18. The number of hydrogen-bond acceptors (Lipinski definition) is 2. The van der Waals surface area contributed by atoms with Crippen LogP contribution in [0.1, 0.15) is 19.4 Å². The highest BCUT2D eigenvalue weighted by molar-refractivity contribution is 6.30. The summed E-state index contributed by atoms with van der Waals surface area (Å²) in [6.07, 6.45) is 1.42. The first-order valence-electron chi connectivity index (χ1n) is 4.02. The van der Waals surface area contributed by atoms with Crippen molar-refractivity contribution in [1.29, 1.82) is 0 Å². The van der Waals surface area contributed by atoms with Gasteiger partial charge in [0.05, 0.1) is 5.54 Å². The van der Waals surface area contributed by atoms with Gasteiger partial charge in [-0.15, -0.1) is 0 Å². The Bertz CT molecular complexity index is 397. The van der Waals surface area contributed by atoms with Crippen LogP contribution in [0.5, 0.6) is 0 Å². The van der Waals surface area contributed by atoms with Crippen LogP contribution >= 0.6 is 11.6 Å². The van der Waals surface area contributed by atoms with Crippen LogP contribution in [0.2, 0.25) is 5.02 Å².